The molecule has 2 aromatic rings. The molecule has 6 heteroatoms. The van der Waals surface area contributed by atoms with Crippen LogP contribution in [-0.4, -0.2) is 25.7 Å². The van der Waals surface area contributed by atoms with Crippen LogP contribution < -0.4 is 4.74 Å². The van der Waals surface area contributed by atoms with Crippen LogP contribution in [0.25, 0.3) is 5.78 Å². The van der Waals surface area contributed by atoms with Crippen LogP contribution in [0.5, 0.6) is 5.88 Å². The van der Waals surface area contributed by atoms with Crippen molar-refractivity contribution in [1.82, 2.24) is 19.6 Å². The Kier molecular flexibility index (Phi) is 2.67. The highest BCUT2D eigenvalue weighted by atomic mass is 35.5. The van der Waals surface area contributed by atoms with Gasteiger partial charge in [0.15, 0.2) is 6.10 Å². The lowest BCUT2D eigenvalue weighted by atomic mass is 10.3. The molecule has 2 heterocycles. The molecule has 0 saturated heterocycles. The van der Waals surface area contributed by atoms with Crippen LogP contribution >= 0.6 is 11.6 Å². The largest absolute Gasteiger partial charge is 0.461 e. The third kappa shape index (κ3) is 1.68. The van der Waals surface area contributed by atoms with E-state index in [0.717, 1.165) is 0 Å². The number of fused-ring (bicyclic) bond motifs is 1. The van der Waals surface area contributed by atoms with Gasteiger partial charge in [0.25, 0.3) is 5.78 Å². The summed E-state index contributed by atoms with van der Waals surface area (Å²) in [6.07, 6.45) is 6.27. The van der Waals surface area contributed by atoms with Gasteiger partial charge in [0, 0.05) is 5.56 Å². The van der Waals surface area contributed by atoms with Crippen LogP contribution in [0.4, 0.5) is 0 Å². The highest BCUT2D eigenvalue weighted by Gasteiger charge is 2.14. The van der Waals surface area contributed by atoms with Crippen molar-refractivity contribution < 1.29 is 4.74 Å². The van der Waals surface area contributed by atoms with E-state index >= 15 is 0 Å². The molecule has 0 N–H and O–H groups in total. The van der Waals surface area contributed by atoms with Gasteiger partial charge < -0.3 is 4.74 Å². The monoisotopic (exact) mass is 236 g/mol. The second-order valence-electron chi connectivity index (χ2n) is 3.23. The zero-order valence-corrected chi connectivity index (χ0v) is 9.56. The van der Waals surface area contributed by atoms with Crippen molar-refractivity contribution in [2.45, 2.75) is 20.0 Å². The predicted octanol–water partition coefficient (Wildman–Crippen LogP) is 1.49. The Morgan fingerprint density at radius 3 is 3.06 bits per heavy atom. The van der Waals surface area contributed by atoms with E-state index in [9.17, 15) is 0 Å². The molecule has 0 aliphatic carbocycles. The molecule has 0 fully saturated rings. The number of rotatable bonds is 2. The first-order valence-electron chi connectivity index (χ1n) is 4.62. The molecule has 5 nitrogen and oxygen atoms in total. The van der Waals surface area contributed by atoms with Crippen molar-refractivity contribution in [3.05, 3.63) is 17.0 Å². The highest BCUT2D eigenvalue weighted by molar-refractivity contribution is 6.30. The Morgan fingerprint density at radius 2 is 2.38 bits per heavy atom. The second kappa shape index (κ2) is 3.99. The maximum Gasteiger partial charge on any atom is 0.256 e. The molecule has 82 valence electrons. The summed E-state index contributed by atoms with van der Waals surface area (Å²) >= 11 is 5.95. The number of hydrogen-bond acceptors (Lipinski definition) is 4. The molecule has 0 aliphatic rings. The number of ether oxygens (including phenoxy) is 1. The third-order valence-corrected chi connectivity index (χ3v) is 2.44. The van der Waals surface area contributed by atoms with Crippen LogP contribution in [0, 0.1) is 19.3 Å². The van der Waals surface area contributed by atoms with Crippen LogP contribution in [-0.2, 0) is 0 Å². The molecule has 1 unspecified atom stereocenters. The maximum absolute atomic E-state index is 5.95. The Hall–Kier alpha value is -1.80. The van der Waals surface area contributed by atoms with E-state index in [0.29, 0.717) is 22.4 Å². The molecule has 0 saturated carbocycles. The number of nitrogens with zero attached hydrogens (tertiary/aromatic N) is 4. The van der Waals surface area contributed by atoms with Gasteiger partial charge in [-0.15, -0.1) is 6.42 Å². The summed E-state index contributed by atoms with van der Waals surface area (Å²) in [5.74, 6) is 3.32. The summed E-state index contributed by atoms with van der Waals surface area (Å²) in [6.45, 7) is 3.55. The Balaban J connectivity index is 2.61. The minimum atomic E-state index is -0.371. The molecular formula is C10H9ClN4O. The van der Waals surface area contributed by atoms with Crippen LogP contribution in [0.1, 0.15) is 12.5 Å². The molecule has 0 amide bonds. The SMILES string of the molecule is C#CC(C)Oc1c(C)c(Cl)nc2ncnn12. The number of hydrogen-bond donors (Lipinski definition) is 0. The predicted molar refractivity (Wildman–Crippen MR) is 59.5 cm³/mol. The Labute approximate surface area is 97.4 Å². The van der Waals surface area contributed by atoms with Gasteiger partial charge in [-0.3, -0.25) is 0 Å². The minimum absolute atomic E-state index is 0.333. The zero-order valence-electron chi connectivity index (χ0n) is 8.81. The van der Waals surface area contributed by atoms with E-state index in [2.05, 4.69) is 21.0 Å². The molecular weight excluding hydrogens is 228 g/mol. The number of aromatic nitrogens is 4. The Morgan fingerprint density at radius 1 is 1.62 bits per heavy atom. The fourth-order valence-corrected chi connectivity index (χ4v) is 1.37. The first kappa shape index (κ1) is 10.7. The molecule has 16 heavy (non-hydrogen) atoms. The Bertz CT molecular complexity index is 572. The lowest BCUT2D eigenvalue weighted by Gasteiger charge is -2.12. The van der Waals surface area contributed by atoms with Gasteiger partial charge in [-0.2, -0.15) is 19.6 Å². The van der Waals surface area contributed by atoms with Gasteiger partial charge in [0.1, 0.15) is 11.5 Å². The first-order chi connectivity index (χ1) is 7.63. The summed E-state index contributed by atoms with van der Waals surface area (Å²) in [6, 6.07) is 0. The average Bonchev–Trinajstić information content (AvgIpc) is 2.71. The lowest BCUT2D eigenvalue weighted by molar-refractivity contribution is 0.258. The fraction of sp³-hybridized carbons (Fsp3) is 0.300. The van der Waals surface area contributed by atoms with Crippen molar-refractivity contribution in [1.29, 1.82) is 0 Å². The van der Waals surface area contributed by atoms with Gasteiger partial charge in [-0.05, 0) is 13.8 Å². The van der Waals surface area contributed by atoms with E-state index in [1.807, 2.05) is 0 Å². The van der Waals surface area contributed by atoms with Crippen molar-refractivity contribution in [3.8, 4) is 18.2 Å². The molecule has 2 rings (SSSR count). The van der Waals surface area contributed by atoms with E-state index in [1.54, 1.807) is 13.8 Å². The normalized spacial score (nSPS) is 12.4. The van der Waals surface area contributed by atoms with E-state index < -0.39 is 0 Å². The van der Waals surface area contributed by atoms with Crippen LogP contribution in [0.2, 0.25) is 5.15 Å². The van der Waals surface area contributed by atoms with E-state index in [-0.39, 0.29) is 6.10 Å². The van der Waals surface area contributed by atoms with Gasteiger partial charge >= 0.3 is 0 Å². The highest BCUT2D eigenvalue weighted by Crippen LogP contribution is 2.24. The first-order valence-corrected chi connectivity index (χ1v) is 5.00. The summed E-state index contributed by atoms with van der Waals surface area (Å²) in [5, 5.41) is 4.33. The summed E-state index contributed by atoms with van der Waals surface area (Å²) < 4.78 is 7.01. The van der Waals surface area contributed by atoms with Crippen LogP contribution in [0.3, 0.4) is 0 Å². The molecule has 2 aromatic heterocycles. The summed E-state index contributed by atoms with van der Waals surface area (Å²) in [4.78, 5) is 7.99. The minimum Gasteiger partial charge on any atom is -0.461 e. The van der Waals surface area contributed by atoms with E-state index in [1.165, 1.54) is 10.8 Å². The lowest BCUT2D eigenvalue weighted by Crippen LogP contribution is -2.13. The molecule has 0 radical (unpaired) electrons. The van der Waals surface area contributed by atoms with E-state index in [4.69, 9.17) is 22.8 Å². The molecule has 1 atom stereocenters. The zero-order chi connectivity index (χ0) is 11.7. The quantitative estimate of drug-likeness (QED) is 0.586. The van der Waals surface area contributed by atoms with Gasteiger partial charge in [0.2, 0.25) is 5.88 Å². The van der Waals surface area contributed by atoms with Crippen molar-refractivity contribution in [2.24, 2.45) is 0 Å². The van der Waals surface area contributed by atoms with Crippen molar-refractivity contribution in [3.63, 3.8) is 0 Å². The van der Waals surface area contributed by atoms with Crippen molar-refractivity contribution >= 4 is 17.4 Å². The maximum atomic E-state index is 5.95. The molecule has 0 bridgehead atoms. The van der Waals surface area contributed by atoms with Gasteiger partial charge in [-0.25, -0.2) is 0 Å². The molecule has 0 aromatic carbocycles. The van der Waals surface area contributed by atoms with Gasteiger partial charge in [0.05, 0.1) is 0 Å². The number of terminal acetylenes is 1. The average molecular weight is 237 g/mol. The molecule has 0 spiro atoms. The van der Waals surface area contributed by atoms with Gasteiger partial charge in [-0.1, -0.05) is 17.5 Å². The number of halogens is 1. The molecule has 0 aliphatic heterocycles. The smallest absolute Gasteiger partial charge is 0.256 e. The fourth-order valence-electron chi connectivity index (χ4n) is 1.21. The third-order valence-electron chi connectivity index (χ3n) is 2.07. The summed E-state index contributed by atoms with van der Waals surface area (Å²) in [7, 11) is 0. The van der Waals surface area contributed by atoms with Crippen molar-refractivity contribution in [2.75, 3.05) is 0 Å². The van der Waals surface area contributed by atoms with Crippen LogP contribution in [0.15, 0.2) is 6.33 Å². The standard InChI is InChI=1S/C10H9ClN4O/c1-4-6(2)16-9-7(3)8(11)14-10-12-5-13-15(9)10/h1,5-6H,2-3H3. The second-order valence-corrected chi connectivity index (χ2v) is 3.59. The topological polar surface area (TPSA) is 52.3 Å². The summed E-state index contributed by atoms with van der Waals surface area (Å²) in [5.41, 5.74) is 0.682.